The Morgan fingerprint density at radius 2 is 2.00 bits per heavy atom. The standard InChI is InChI=1S/C15H18Cl2N4/c1-3-4-8-18-15-19-10(2)9-13(21-15)20-12-7-5-6-11(16)14(12)17/h5-7,9H,3-4,8H2,1-2H3,(H2,18,19,20,21). The van der Waals surface area contributed by atoms with E-state index in [1.165, 1.54) is 0 Å². The minimum absolute atomic E-state index is 0.482. The van der Waals surface area contributed by atoms with E-state index in [-0.39, 0.29) is 0 Å². The molecule has 1 heterocycles. The van der Waals surface area contributed by atoms with E-state index in [1.807, 2.05) is 25.1 Å². The van der Waals surface area contributed by atoms with Crippen molar-refractivity contribution in [3.63, 3.8) is 0 Å². The average molecular weight is 325 g/mol. The van der Waals surface area contributed by atoms with Crippen molar-refractivity contribution in [1.82, 2.24) is 9.97 Å². The number of aromatic nitrogens is 2. The van der Waals surface area contributed by atoms with Crippen molar-refractivity contribution in [1.29, 1.82) is 0 Å². The first-order valence-electron chi connectivity index (χ1n) is 6.90. The molecule has 2 rings (SSSR count). The van der Waals surface area contributed by atoms with E-state index in [0.717, 1.165) is 30.8 Å². The van der Waals surface area contributed by atoms with Gasteiger partial charge in [-0.15, -0.1) is 0 Å². The fourth-order valence-electron chi connectivity index (χ4n) is 1.83. The monoisotopic (exact) mass is 324 g/mol. The van der Waals surface area contributed by atoms with E-state index in [0.29, 0.717) is 21.8 Å². The molecule has 0 atom stereocenters. The van der Waals surface area contributed by atoms with Crippen molar-refractivity contribution in [2.24, 2.45) is 0 Å². The number of rotatable bonds is 6. The highest BCUT2D eigenvalue weighted by atomic mass is 35.5. The third-order valence-electron chi connectivity index (χ3n) is 2.88. The molecule has 1 aromatic carbocycles. The number of nitrogens with one attached hydrogen (secondary N) is 2. The van der Waals surface area contributed by atoms with Crippen LogP contribution >= 0.6 is 23.2 Å². The number of benzene rings is 1. The van der Waals surface area contributed by atoms with E-state index in [4.69, 9.17) is 23.2 Å². The minimum atomic E-state index is 0.482. The van der Waals surface area contributed by atoms with Gasteiger partial charge in [0.05, 0.1) is 15.7 Å². The Morgan fingerprint density at radius 1 is 1.19 bits per heavy atom. The van der Waals surface area contributed by atoms with Crippen LogP contribution < -0.4 is 10.6 Å². The average Bonchev–Trinajstić information content (AvgIpc) is 2.44. The van der Waals surface area contributed by atoms with E-state index >= 15 is 0 Å². The van der Waals surface area contributed by atoms with Gasteiger partial charge < -0.3 is 10.6 Å². The van der Waals surface area contributed by atoms with Crippen LogP contribution in [0.15, 0.2) is 24.3 Å². The Morgan fingerprint density at radius 3 is 2.76 bits per heavy atom. The minimum Gasteiger partial charge on any atom is -0.354 e. The highest BCUT2D eigenvalue weighted by Gasteiger charge is 2.07. The first-order valence-corrected chi connectivity index (χ1v) is 7.66. The first-order chi connectivity index (χ1) is 10.1. The number of nitrogens with zero attached hydrogens (tertiary/aromatic N) is 2. The summed E-state index contributed by atoms with van der Waals surface area (Å²) in [5, 5.41) is 7.38. The molecule has 0 aliphatic rings. The normalized spacial score (nSPS) is 10.5. The predicted octanol–water partition coefficient (Wildman–Crippen LogP) is 5.05. The third kappa shape index (κ3) is 4.48. The molecule has 0 aliphatic heterocycles. The van der Waals surface area contributed by atoms with E-state index < -0.39 is 0 Å². The van der Waals surface area contributed by atoms with Gasteiger partial charge >= 0.3 is 0 Å². The maximum Gasteiger partial charge on any atom is 0.224 e. The van der Waals surface area contributed by atoms with E-state index in [2.05, 4.69) is 27.5 Å². The molecule has 0 bridgehead atoms. The Balaban J connectivity index is 2.17. The molecule has 0 spiro atoms. The number of anilines is 3. The van der Waals surface area contributed by atoms with Gasteiger partial charge in [0.2, 0.25) is 5.95 Å². The molecule has 0 unspecified atom stereocenters. The van der Waals surface area contributed by atoms with Gasteiger partial charge in [-0.25, -0.2) is 4.98 Å². The summed E-state index contributed by atoms with van der Waals surface area (Å²) in [5.41, 5.74) is 1.60. The second-order valence-electron chi connectivity index (χ2n) is 4.72. The van der Waals surface area contributed by atoms with Crippen LogP contribution in [0.5, 0.6) is 0 Å². The molecule has 0 fully saturated rings. The van der Waals surface area contributed by atoms with Crippen LogP contribution in [-0.4, -0.2) is 16.5 Å². The summed E-state index contributed by atoms with van der Waals surface area (Å²) in [7, 11) is 0. The summed E-state index contributed by atoms with van der Waals surface area (Å²) in [6.45, 7) is 4.93. The van der Waals surface area contributed by atoms with Gasteiger partial charge in [0.15, 0.2) is 0 Å². The van der Waals surface area contributed by atoms with Crippen LogP contribution in [0.1, 0.15) is 25.5 Å². The van der Waals surface area contributed by atoms with Crippen molar-refractivity contribution in [2.45, 2.75) is 26.7 Å². The molecule has 2 aromatic rings. The summed E-state index contributed by atoms with van der Waals surface area (Å²) in [5.74, 6) is 1.30. The summed E-state index contributed by atoms with van der Waals surface area (Å²) in [4.78, 5) is 8.80. The maximum atomic E-state index is 6.17. The fraction of sp³-hybridized carbons (Fsp3) is 0.333. The second-order valence-corrected chi connectivity index (χ2v) is 5.51. The number of aryl methyl sites for hydroxylation is 1. The second kappa shape index (κ2) is 7.48. The molecule has 0 saturated heterocycles. The lowest BCUT2D eigenvalue weighted by atomic mass is 10.3. The highest BCUT2D eigenvalue weighted by molar-refractivity contribution is 6.43. The Hall–Kier alpha value is -1.52. The maximum absolute atomic E-state index is 6.17. The van der Waals surface area contributed by atoms with Crippen LogP contribution in [0, 0.1) is 6.92 Å². The third-order valence-corrected chi connectivity index (χ3v) is 3.70. The zero-order valence-electron chi connectivity index (χ0n) is 12.1. The number of hydrogen-bond donors (Lipinski definition) is 2. The predicted molar refractivity (Wildman–Crippen MR) is 89.9 cm³/mol. The lowest BCUT2D eigenvalue weighted by Crippen LogP contribution is -2.07. The van der Waals surface area contributed by atoms with Crippen LogP contribution in [0.4, 0.5) is 17.5 Å². The topological polar surface area (TPSA) is 49.8 Å². The van der Waals surface area contributed by atoms with Gasteiger partial charge in [-0.2, -0.15) is 4.98 Å². The van der Waals surface area contributed by atoms with Crippen molar-refractivity contribution in [2.75, 3.05) is 17.2 Å². The van der Waals surface area contributed by atoms with Crippen molar-refractivity contribution >= 4 is 40.7 Å². The SMILES string of the molecule is CCCCNc1nc(C)cc(Nc2cccc(Cl)c2Cl)n1. The zero-order valence-corrected chi connectivity index (χ0v) is 13.6. The van der Waals surface area contributed by atoms with Crippen molar-refractivity contribution < 1.29 is 0 Å². The quantitative estimate of drug-likeness (QED) is 0.730. The largest absolute Gasteiger partial charge is 0.354 e. The van der Waals surface area contributed by atoms with Gasteiger partial charge in [0, 0.05) is 18.3 Å². The molecule has 21 heavy (non-hydrogen) atoms. The molecule has 1 aromatic heterocycles. The Bertz CT molecular complexity index is 617. The summed E-state index contributed by atoms with van der Waals surface area (Å²) >= 11 is 12.2. The van der Waals surface area contributed by atoms with E-state index in [9.17, 15) is 0 Å². The highest BCUT2D eigenvalue weighted by Crippen LogP contribution is 2.31. The summed E-state index contributed by atoms with van der Waals surface area (Å²) in [6.07, 6.45) is 2.21. The molecule has 0 amide bonds. The molecule has 0 aliphatic carbocycles. The van der Waals surface area contributed by atoms with Crippen molar-refractivity contribution in [3.8, 4) is 0 Å². The molecule has 4 nitrogen and oxygen atoms in total. The molecular formula is C15H18Cl2N4. The van der Waals surface area contributed by atoms with Gasteiger partial charge in [-0.3, -0.25) is 0 Å². The zero-order chi connectivity index (χ0) is 15.2. The molecule has 112 valence electrons. The Labute approximate surface area is 134 Å². The smallest absolute Gasteiger partial charge is 0.224 e. The molecule has 2 N–H and O–H groups in total. The molecule has 0 radical (unpaired) electrons. The summed E-state index contributed by atoms with van der Waals surface area (Å²) in [6, 6.07) is 7.31. The number of hydrogen-bond acceptors (Lipinski definition) is 4. The summed E-state index contributed by atoms with van der Waals surface area (Å²) < 4.78 is 0. The van der Waals surface area contributed by atoms with E-state index in [1.54, 1.807) is 6.07 Å². The number of unbranched alkanes of at least 4 members (excludes halogenated alkanes) is 1. The van der Waals surface area contributed by atoms with Crippen LogP contribution in [0.2, 0.25) is 10.0 Å². The van der Waals surface area contributed by atoms with Crippen molar-refractivity contribution in [3.05, 3.63) is 40.0 Å². The van der Waals surface area contributed by atoms with Gasteiger partial charge in [0.25, 0.3) is 0 Å². The lowest BCUT2D eigenvalue weighted by molar-refractivity contribution is 0.825. The van der Waals surface area contributed by atoms with Crippen LogP contribution in [0.3, 0.4) is 0 Å². The molecule has 6 heteroatoms. The molecular weight excluding hydrogens is 307 g/mol. The van der Waals surface area contributed by atoms with Gasteiger partial charge in [-0.05, 0) is 25.5 Å². The van der Waals surface area contributed by atoms with Crippen LogP contribution in [-0.2, 0) is 0 Å². The first kappa shape index (κ1) is 15.9. The molecule has 0 saturated carbocycles. The van der Waals surface area contributed by atoms with Gasteiger partial charge in [-0.1, -0.05) is 42.6 Å². The fourth-order valence-corrected chi connectivity index (χ4v) is 2.17. The Kier molecular flexibility index (Phi) is 5.65. The van der Waals surface area contributed by atoms with Gasteiger partial charge in [0.1, 0.15) is 5.82 Å². The number of halogens is 2. The lowest BCUT2D eigenvalue weighted by Gasteiger charge is -2.11. The van der Waals surface area contributed by atoms with Crippen LogP contribution in [0.25, 0.3) is 0 Å².